The van der Waals surface area contributed by atoms with Crippen LogP contribution in [0.15, 0.2) is 35.5 Å². The minimum Gasteiger partial charge on any atom is -0.466 e. The number of carbonyl (C=O) groups excluding carboxylic acids is 6. The third-order valence-electron chi connectivity index (χ3n) is 8.24. The van der Waals surface area contributed by atoms with Crippen LogP contribution in [0.1, 0.15) is 80.4 Å². The fourth-order valence-electron chi connectivity index (χ4n) is 5.33. The van der Waals surface area contributed by atoms with Crippen LogP contribution >= 0.6 is 0 Å². The number of carbonyl (C=O) groups is 6. The van der Waals surface area contributed by atoms with Gasteiger partial charge in [0.15, 0.2) is 0 Å². The lowest BCUT2D eigenvalue weighted by molar-refractivity contribution is -0.149. The highest BCUT2D eigenvalue weighted by atomic mass is 16.5. The molecule has 0 radical (unpaired) electrons. The number of ether oxygens (including phenoxy) is 1. The maximum atomic E-state index is 14.2. The van der Waals surface area contributed by atoms with Gasteiger partial charge in [0.1, 0.15) is 30.5 Å². The number of hydrogen-bond donors (Lipinski definition) is 4. The summed E-state index contributed by atoms with van der Waals surface area (Å²) in [4.78, 5) is 80.9. The summed E-state index contributed by atoms with van der Waals surface area (Å²) in [5.41, 5.74) is -0.789. The number of amides is 5. The molecule has 5 atom stereocenters. The van der Waals surface area contributed by atoms with Crippen LogP contribution in [0.25, 0.3) is 0 Å². The zero-order valence-electron chi connectivity index (χ0n) is 29.0. The van der Waals surface area contributed by atoms with Crippen molar-refractivity contribution in [2.24, 2.45) is 23.2 Å². The van der Waals surface area contributed by atoms with E-state index in [1.165, 1.54) is 17.2 Å². The van der Waals surface area contributed by atoms with Crippen LogP contribution in [-0.2, 0) is 35.3 Å². The van der Waals surface area contributed by atoms with Gasteiger partial charge in [-0.15, -0.1) is 6.58 Å². The summed E-state index contributed by atoms with van der Waals surface area (Å²) in [7, 11) is 0. The largest absolute Gasteiger partial charge is 0.466 e. The molecule has 13 heteroatoms. The van der Waals surface area contributed by atoms with Gasteiger partial charge in [-0.3, -0.25) is 19.2 Å². The average Bonchev–Trinajstić information content (AvgIpc) is 3.69. The van der Waals surface area contributed by atoms with Gasteiger partial charge in [0.05, 0.1) is 12.3 Å². The third kappa shape index (κ3) is 11.2. The van der Waals surface area contributed by atoms with Gasteiger partial charge in [0.2, 0.25) is 17.6 Å². The van der Waals surface area contributed by atoms with Crippen molar-refractivity contribution in [1.29, 1.82) is 0 Å². The molecule has 0 saturated carbocycles. The van der Waals surface area contributed by atoms with Crippen molar-refractivity contribution < 1.29 is 37.9 Å². The first-order chi connectivity index (χ1) is 22.0. The molecule has 47 heavy (non-hydrogen) atoms. The number of nitrogens with zero attached hydrogens (tertiary/aromatic N) is 1. The van der Waals surface area contributed by atoms with Crippen molar-refractivity contribution in [1.82, 2.24) is 26.2 Å². The molecule has 5 amide bonds. The Bertz CT molecular complexity index is 1250. The van der Waals surface area contributed by atoms with Gasteiger partial charge >= 0.3 is 12.0 Å². The molecular weight excluding hydrogens is 606 g/mol. The average molecular weight is 660 g/mol. The maximum absolute atomic E-state index is 14.2. The summed E-state index contributed by atoms with van der Waals surface area (Å²) < 4.78 is 10.5. The highest BCUT2D eigenvalue weighted by molar-refractivity contribution is 6.38. The Labute approximate surface area is 278 Å². The van der Waals surface area contributed by atoms with Crippen LogP contribution in [0, 0.1) is 23.2 Å². The van der Waals surface area contributed by atoms with E-state index in [4.69, 9.17) is 9.15 Å². The lowest BCUT2D eigenvalue weighted by Crippen LogP contribution is -2.61. The Hall–Kier alpha value is -4.16. The van der Waals surface area contributed by atoms with Gasteiger partial charge < -0.3 is 35.3 Å². The van der Waals surface area contributed by atoms with E-state index in [-0.39, 0.29) is 43.9 Å². The molecule has 1 saturated heterocycles. The van der Waals surface area contributed by atoms with Gasteiger partial charge in [-0.25, -0.2) is 9.59 Å². The molecule has 1 aliphatic heterocycles. The van der Waals surface area contributed by atoms with Crippen LogP contribution < -0.4 is 21.3 Å². The molecule has 262 valence electrons. The molecule has 1 aliphatic rings. The summed E-state index contributed by atoms with van der Waals surface area (Å²) in [5.74, 6) is -3.02. The van der Waals surface area contributed by atoms with Gasteiger partial charge in [-0.2, -0.15) is 0 Å². The number of urea groups is 1. The van der Waals surface area contributed by atoms with Gasteiger partial charge in [-0.05, 0) is 48.1 Å². The van der Waals surface area contributed by atoms with Gasteiger partial charge in [0, 0.05) is 13.1 Å². The molecule has 1 fully saturated rings. The minimum absolute atomic E-state index is 0.0189. The molecule has 0 spiro atoms. The number of Topliss-reactive ketones (excluding diaryl/α,β-unsaturated/α-hetero) is 1. The molecule has 13 nitrogen and oxygen atoms in total. The van der Waals surface area contributed by atoms with Crippen molar-refractivity contribution in [2.75, 3.05) is 13.1 Å². The molecule has 0 aliphatic carbocycles. The van der Waals surface area contributed by atoms with Crippen LogP contribution in [0.3, 0.4) is 0 Å². The topological polar surface area (TPSA) is 176 Å². The zero-order valence-corrected chi connectivity index (χ0v) is 29.0. The summed E-state index contributed by atoms with van der Waals surface area (Å²) in [6.07, 6.45) is 4.04. The highest BCUT2D eigenvalue weighted by Crippen LogP contribution is 2.32. The Kier molecular flexibility index (Phi) is 14.7. The van der Waals surface area contributed by atoms with Crippen molar-refractivity contribution in [3.05, 3.63) is 36.8 Å². The molecular formula is C34H53N5O8. The predicted octanol–water partition coefficient (Wildman–Crippen LogP) is 3.09. The normalized spacial score (nSPS) is 18.2. The molecule has 1 unspecified atom stereocenters. The number of furan rings is 1. The summed E-state index contributed by atoms with van der Waals surface area (Å²) >= 11 is 0. The first kappa shape index (κ1) is 39.0. The lowest BCUT2D eigenvalue weighted by Gasteiger charge is -2.36. The predicted molar refractivity (Wildman–Crippen MR) is 176 cm³/mol. The smallest absolute Gasteiger partial charge is 0.329 e. The van der Waals surface area contributed by atoms with E-state index in [1.807, 2.05) is 20.8 Å². The van der Waals surface area contributed by atoms with E-state index >= 15 is 0 Å². The Morgan fingerprint density at radius 2 is 1.77 bits per heavy atom. The molecule has 4 N–H and O–H groups in total. The van der Waals surface area contributed by atoms with Gasteiger partial charge in [0.25, 0.3) is 5.91 Å². The number of rotatable bonds is 16. The third-order valence-corrected chi connectivity index (χ3v) is 8.24. The quantitative estimate of drug-likeness (QED) is 0.119. The van der Waals surface area contributed by atoms with Crippen molar-refractivity contribution >= 4 is 35.5 Å². The van der Waals surface area contributed by atoms with E-state index in [2.05, 4.69) is 27.8 Å². The second kappa shape index (κ2) is 17.7. The van der Waals surface area contributed by atoms with E-state index in [1.54, 1.807) is 46.8 Å². The first-order valence-electron chi connectivity index (χ1n) is 16.3. The Balaban J connectivity index is 2.26. The molecule has 1 aromatic rings. The van der Waals surface area contributed by atoms with E-state index in [0.29, 0.717) is 18.6 Å². The number of esters is 1. The van der Waals surface area contributed by atoms with Crippen molar-refractivity contribution in [3.8, 4) is 0 Å². The fourth-order valence-corrected chi connectivity index (χ4v) is 5.33. The number of ketones is 1. The lowest BCUT2D eigenvalue weighted by atomic mass is 9.85. The number of nitrogens with one attached hydrogen (secondary N) is 4. The van der Waals surface area contributed by atoms with E-state index < -0.39 is 65.1 Å². The molecule has 0 bridgehead atoms. The summed E-state index contributed by atoms with van der Waals surface area (Å²) in [6.45, 7) is 18.5. The second-order valence-corrected chi connectivity index (χ2v) is 13.8. The van der Waals surface area contributed by atoms with Crippen LogP contribution in [0.5, 0.6) is 0 Å². The summed E-state index contributed by atoms with van der Waals surface area (Å²) in [6, 6.07) is -1.48. The fraction of sp³-hybridized carbons (Fsp3) is 0.647. The van der Waals surface area contributed by atoms with E-state index in [9.17, 15) is 28.8 Å². The second-order valence-electron chi connectivity index (χ2n) is 13.8. The molecule has 1 aromatic heterocycles. The number of hydrogen-bond acceptors (Lipinski definition) is 8. The number of likely N-dealkylation sites (tertiary alicyclic amines) is 1. The van der Waals surface area contributed by atoms with Crippen LogP contribution in [0.2, 0.25) is 0 Å². The Morgan fingerprint density at radius 1 is 1.09 bits per heavy atom. The molecule has 2 rings (SSSR count). The van der Waals surface area contributed by atoms with Crippen molar-refractivity contribution in [2.45, 2.75) is 105 Å². The maximum Gasteiger partial charge on any atom is 0.329 e. The molecule has 2 heterocycles. The van der Waals surface area contributed by atoms with Crippen LogP contribution in [-0.4, -0.2) is 77.7 Å². The first-order valence-corrected chi connectivity index (χ1v) is 16.3. The zero-order chi connectivity index (χ0) is 35.5. The standard InChI is InChI=1S/C34H53N5O8/c1-10-13-24(27(40)30(42)35-15-11-2)36-29(41)25-17-22(20(3)4)18-39(25)31(43)28(34(7,8)9)38-33(45)37-26(21(5)6)32(44)47-19-23-14-12-16-46-23/h11-12,14,16,20-22,24-26,28H,2,10,13,15,17-19H2,1,3-9H3,(H,35,42)(H,36,41)(H2,37,38,45)/t22-,24?,25+,26+,28-/m1/s1. The SMILES string of the molecule is C=CCNC(=O)C(=O)C(CCC)NC(=O)[C@@H]1C[C@@H](C(C)C)CN1C(=O)[C@@H](NC(=O)N[C@H](C(=O)OCc1ccco1)C(C)C)C(C)(C)C. The minimum atomic E-state index is -1.08. The van der Waals surface area contributed by atoms with E-state index in [0.717, 1.165) is 0 Å². The highest BCUT2D eigenvalue weighted by Gasteiger charge is 2.46. The Morgan fingerprint density at radius 3 is 2.30 bits per heavy atom. The van der Waals surface area contributed by atoms with Crippen molar-refractivity contribution in [3.63, 3.8) is 0 Å². The monoisotopic (exact) mass is 659 g/mol. The summed E-state index contributed by atoms with van der Waals surface area (Å²) in [5, 5.41) is 10.6. The molecule has 0 aromatic carbocycles. The van der Waals surface area contributed by atoms with Crippen LogP contribution in [0.4, 0.5) is 4.79 Å². The van der Waals surface area contributed by atoms with Gasteiger partial charge in [-0.1, -0.05) is 67.9 Å².